The number of rotatable bonds is 2. The molecule has 13 heavy (non-hydrogen) atoms. The lowest BCUT2D eigenvalue weighted by molar-refractivity contribution is 0.145. The van der Waals surface area contributed by atoms with Crippen molar-refractivity contribution < 1.29 is 13.2 Å². The van der Waals surface area contributed by atoms with Crippen LogP contribution < -0.4 is 5.56 Å². The van der Waals surface area contributed by atoms with Gasteiger partial charge in [-0.3, -0.25) is 4.79 Å². The third kappa shape index (κ3) is 1.93. The second kappa shape index (κ2) is 3.95. The van der Waals surface area contributed by atoms with Crippen LogP contribution in [0.3, 0.4) is 0 Å². The first-order valence-electron chi connectivity index (χ1n) is 3.32. The van der Waals surface area contributed by atoms with Crippen LogP contribution in [0.1, 0.15) is 17.6 Å². The van der Waals surface area contributed by atoms with Crippen LogP contribution in [0.25, 0.3) is 0 Å². The molecule has 0 saturated heterocycles. The van der Waals surface area contributed by atoms with Gasteiger partial charge in [0, 0.05) is 17.1 Å². The molecule has 0 saturated carbocycles. The molecule has 1 aromatic rings. The fourth-order valence-corrected chi connectivity index (χ4v) is 1.49. The van der Waals surface area contributed by atoms with Crippen LogP contribution in [0, 0.1) is 5.82 Å². The number of aromatic amines is 1. The van der Waals surface area contributed by atoms with Crippen molar-refractivity contribution in [1.29, 1.82) is 0 Å². The standard InChI is InChI=1S/C7H5BrF3NO/c8-1-3-5(6(10)11)4(9)2-12-7(3)13/h2,6H,1H2,(H,12,13). The van der Waals surface area contributed by atoms with Crippen LogP contribution in [-0.2, 0) is 5.33 Å². The molecule has 0 spiro atoms. The fourth-order valence-electron chi connectivity index (χ4n) is 0.929. The summed E-state index contributed by atoms with van der Waals surface area (Å²) in [6.07, 6.45) is -2.34. The van der Waals surface area contributed by atoms with Crippen LogP contribution in [0.15, 0.2) is 11.0 Å². The molecule has 2 nitrogen and oxygen atoms in total. The van der Waals surface area contributed by atoms with Crippen LogP contribution >= 0.6 is 15.9 Å². The Bertz CT molecular complexity index is 363. The summed E-state index contributed by atoms with van der Waals surface area (Å²) in [5, 5.41) is -0.0975. The second-order valence-electron chi connectivity index (χ2n) is 2.29. The van der Waals surface area contributed by atoms with Crippen molar-refractivity contribution in [3.05, 3.63) is 33.5 Å². The number of H-pyrrole nitrogens is 1. The molecule has 0 aromatic carbocycles. The molecular weight excluding hydrogens is 251 g/mol. The van der Waals surface area contributed by atoms with Gasteiger partial charge in [0.15, 0.2) is 0 Å². The number of hydrogen-bond donors (Lipinski definition) is 1. The third-order valence-corrected chi connectivity index (χ3v) is 2.10. The Hall–Kier alpha value is -0.780. The maximum Gasteiger partial charge on any atom is 0.267 e. The first-order valence-corrected chi connectivity index (χ1v) is 4.44. The normalized spacial score (nSPS) is 10.8. The number of nitrogens with one attached hydrogen (secondary N) is 1. The molecule has 0 unspecified atom stereocenters. The molecule has 0 atom stereocenters. The van der Waals surface area contributed by atoms with Gasteiger partial charge in [0.2, 0.25) is 0 Å². The van der Waals surface area contributed by atoms with Gasteiger partial charge in [-0.05, 0) is 0 Å². The molecule has 0 aliphatic rings. The summed E-state index contributed by atoms with van der Waals surface area (Å²) in [4.78, 5) is 13.0. The highest BCUT2D eigenvalue weighted by Crippen LogP contribution is 2.24. The number of hydrogen-bond acceptors (Lipinski definition) is 1. The predicted octanol–water partition coefficient (Wildman–Crippen LogP) is 2.35. The Kier molecular flexibility index (Phi) is 3.13. The molecule has 0 amide bonds. The zero-order chi connectivity index (χ0) is 10.0. The van der Waals surface area contributed by atoms with Gasteiger partial charge in [-0.15, -0.1) is 0 Å². The number of pyridine rings is 1. The largest absolute Gasteiger partial charge is 0.326 e. The number of halogens is 4. The van der Waals surface area contributed by atoms with Gasteiger partial charge in [-0.25, -0.2) is 13.2 Å². The van der Waals surface area contributed by atoms with Crippen LogP contribution in [0.5, 0.6) is 0 Å². The van der Waals surface area contributed by atoms with Crippen LogP contribution in [-0.4, -0.2) is 4.98 Å². The lowest BCUT2D eigenvalue weighted by atomic mass is 10.1. The average Bonchev–Trinajstić information content (AvgIpc) is 2.07. The van der Waals surface area contributed by atoms with Crippen molar-refractivity contribution in [2.45, 2.75) is 11.8 Å². The molecule has 1 rings (SSSR count). The topological polar surface area (TPSA) is 32.9 Å². The monoisotopic (exact) mass is 255 g/mol. The quantitative estimate of drug-likeness (QED) is 0.809. The smallest absolute Gasteiger partial charge is 0.267 e. The highest BCUT2D eigenvalue weighted by atomic mass is 79.9. The van der Waals surface area contributed by atoms with Crippen LogP contribution in [0.2, 0.25) is 0 Å². The van der Waals surface area contributed by atoms with Crippen LogP contribution in [0.4, 0.5) is 13.2 Å². The van der Waals surface area contributed by atoms with E-state index in [0.717, 1.165) is 0 Å². The van der Waals surface area contributed by atoms with Gasteiger partial charge in [-0.1, -0.05) is 15.9 Å². The van der Waals surface area contributed by atoms with E-state index in [1.165, 1.54) is 0 Å². The Morgan fingerprint density at radius 2 is 2.15 bits per heavy atom. The number of aromatic nitrogens is 1. The Labute approximate surface area is 79.9 Å². The Balaban J connectivity index is 3.44. The van der Waals surface area contributed by atoms with E-state index in [0.29, 0.717) is 6.20 Å². The lowest BCUT2D eigenvalue weighted by Crippen LogP contribution is -2.15. The van der Waals surface area contributed by atoms with E-state index in [9.17, 15) is 18.0 Å². The molecule has 0 bridgehead atoms. The molecule has 1 aromatic heterocycles. The van der Waals surface area contributed by atoms with Crippen molar-refractivity contribution in [2.24, 2.45) is 0 Å². The summed E-state index contributed by atoms with van der Waals surface area (Å²) in [5.74, 6) is -1.09. The van der Waals surface area contributed by atoms with E-state index in [-0.39, 0.29) is 10.9 Å². The lowest BCUT2D eigenvalue weighted by Gasteiger charge is -2.05. The van der Waals surface area contributed by atoms with E-state index in [4.69, 9.17) is 0 Å². The van der Waals surface area contributed by atoms with Gasteiger partial charge < -0.3 is 4.98 Å². The van der Waals surface area contributed by atoms with Gasteiger partial charge in [-0.2, -0.15) is 0 Å². The van der Waals surface area contributed by atoms with E-state index in [1.807, 2.05) is 4.98 Å². The minimum absolute atomic E-state index is 0.0975. The maximum absolute atomic E-state index is 12.8. The van der Waals surface area contributed by atoms with Crippen molar-refractivity contribution in [1.82, 2.24) is 4.98 Å². The molecular formula is C7H5BrF3NO. The average molecular weight is 256 g/mol. The van der Waals surface area contributed by atoms with E-state index >= 15 is 0 Å². The maximum atomic E-state index is 12.8. The molecule has 0 aliphatic heterocycles. The zero-order valence-electron chi connectivity index (χ0n) is 6.28. The third-order valence-electron chi connectivity index (χ3n) is 1.54. The fraction of sp³-hybridized carbons (Fsp3) is 0.286. The Morgan fingerprint density at radius 3 is 2.54 bits per heavy atom. The molecule has 1 N–H and O–H groups in total. The van der Waals surface area contributed by atoms with Gasteiger partial charge >= 0.3 is 0 Å². The SMILES string of the molecule is O=c1[nH]cc(F)c(C(F)F)c1CBr. The molecule has 0 radical (unpaired) electrons. The Morgan fingerprint density at radius 1 is 1.54 bits per heavy atom. The molecule has 1 heterocycles. The second-order valence-corrected chi connectivity index (χ2v) is 2.85. The van der Waals surface area contributed by atoms with Gasteiger partial charge in [0.1, 0.15) is 5.82 Å². The van der Waals surface area contributed by atoms with Crippen molar-refractivity contribution in [3.63, 3.8) is 0 Å². The predicted molar refractivity (Wildman–Crippen MR) is 44.6 cm³/mol. The highest BCUT2D eigenvalue weighted by Gasteiger charge is 2.20. The minimum atomic E-state index is -2.98. The van der Waals surface area contributed by atoms with E-state index < -0.39 is 23.4 Å². The minimum Gasteiger partial charge on any atom is -0.326 e. The first-order chi connectivity index (χ1) is 6.07. The van der Waals surface area contributed by atoms with E-state index in [2.05, 4.69) is 15.9 Å². The van der Waals surface area contributed by atoms with Gasteiger partial charge in [0.05, 0.1) is 5.56 Å². The molecule has 0 fully saturated rings. The summed E-state index contributed by atoms with van der Waals surface area (Å²) < 4.78 is 37.3. The molecule has 6 heteroatoms. The highest BCUT2D eigenvalue weighted by molar-refractivity contribution is 9.08. The van der Waals surface area contributed by atoms with E-state index in [1.54, 1.807) is 0 Å². The summed E-state index contributed by atoms with van der Waals surface area (Å²) in [7, 11) is 0. The van der Waals surface area contributed by atoms with Crippen molar-refractivity contribution in [2.75, 3.05) is 0 Å². The van der Waals surface area contributed by atoms with Crippen molar-refractivity contribution in [3.8, 4) is 0 Å². The zero-order valence-corrected chi connectivity index (χ0v) is 7.87. The summed E-state index contributed by atoms with van der Waals surface area (Å²) in [5.41, 5.74) is -1.80. The number of alkyl halides is 3. The summed E-state index contributed by atoms with van der Waals surface area (Å²) >= 11 is 2.84. The molecule has 72 valence electrons. The van der Waals surface area contributed by atoms with Gasteiger partial charge in [0.25, 0.3) is 12.0 Å². The summed E-state index contributed by atoms with van der Waals surface area (Å²) in [6, 6.07) is 0. The first kappa shape index (κ1) is 10.3. The summed E-state index contributed by atoms with van der Waals surface area (Å²) in [6.45, 7) is 0. The molecule has 0 aliphatic carbocycles. The van der Waals surface area contributed by atoms with Crippen molar-refractivity contribution >= 4 is 15.9 Å².